The van der Waals surface area contributed by atoms with E-state index in [1.54, 1.807) is 6.07 Å². The van der Waals surface area contributed by atoms with Crippen molar-refractivity contribution in [3.05, 3.63) is 22.8 Å². The Hall–Kier alpha value is -1.82. The SMILES string of the molecule is O=C(CNc1ncc(C(=O)N2CCCCC2)cc1Cl)N1CCCC1. The van der Waals surface area contributed by atoms with Crippen molar-refractivity contribution in [1.82, 2.24) is 14.8 Å². The Bertz CT molecular complexity index is 611. The van der Waals surface area contributed by atoms with E-state index in [1.807, 2.05) is 9.80 Å². The maximum absolute atomic E-state index is 12.4. The second-order valence-corrected chi connectivity index (χ2v) is 6.76. The maximum Gasteiger partial charge on any atom is 0.255 e. The number of likely N-dealkylation sites (tertiary alicyclic amines) is 2. The number of hydrogen-bond donors (Lipinski definition) is 1. The molecule has 2 aliphatic heterocycles. The van der Waals surface area contributed by atoms with Gasteiger partial charge in [-0.05, 0) is 38.2 Å². The molecule has 0 aromatic carbocycles. The molecule has 0 aliphatic carbocycles. The van der Waals surface area contributed by atoms with E-state index in [-0.39, 0.29) is 18.4 Å². The molecule has 0 spiro atoms. The molecule has 2 saturated heterocycles. The minimum absolute atomic E-state index is 0.0243. The van der Waals surface area contributed by atoms with Crippen LogP contribution < -0.4 is 5.32 Å². The molecule has 2 fully saturated rings. The molecule has 130 valence electrons. The monoisotopic (exact) mass is 350 g/mol. The summed E-state index contributed by atoms with van der Waals surface area (Å²) in [5.41, 5.74) is 0.498. The maximum atomic E-state index is 12.4. The highest BCUT2D eigenvalue weighted by Crippen LogP contribution is 2.22. The number of nitrogens with one attached hydrogen (secondary N) is 1. The predicted octanol–water partition coefficient (Wildman–Crippen LogP) is 2.40. The molecule has 1 aromatic heterocycles. The summed E-state index contributed by atoms with van der Waals surface area (Å²) in [6, 6.07) is 1.63. The van der Waals surface area contributed by atoms with Gasteiger partial charge < -0.3 is 15.1 Å². The van der Waals surface area contributed by atoms with Gasteiger partial charge in [0.25, 0.3) is 5.91 Å². The molecule has 1 aromatic rings. The van der Waals surface area contributed by atoms with Crippen LogP contribution in [-0.2, 0) is 4.79 Å². The number of rotatable bonds is 4. The zero-order valence-electron chi connectivity index (χ0n) is 13.8. The van der Waals surface area contributed by atoms with Gasteiger partial charge in [0.15, 0.2) is 0 Å². The lowest BCUT2D eigenvalue weighted by atomic mass is 10.1. The average Bonchev–Trinajstić information content (AvgIpc) is 3.15. The molecule has 2 aliphatic rings. The summed E-state index contributed by atoms with van der Waals surface area (Å²) in [5, 5.41) is 3.34. The van der Waals surface area contributed by atoms with Crippen molar-refractivity contribution in [1.29, 1.82) is 0 Å². The molecule has 24 heavy (non-hydrogen) atoms. The number of anilines is 1. The second kappa shape index (κ2) is 7.83. The molecule has 3 rings (SSSR count). The summed E-state index contributed by atoms with van der Waals surface area (Å²) in [6.07, 6.45) is 6.94. The van der Waals surface area contributed by atoms with E-state index in [1.165, 1.54) is 12.6 Å². The normalized spacial score (nSPS) is 17.9. The molecule has 1 N–H and O–H groups in total. The van der Waals surface area contributed by atoms with Gasteiger partial charge in [0.2, 0.25) is 5.91 Å². The van der Waals surface area contributed by atoms with Crippen LogP contribution in [0.2, 0.25) is 5.02 Å². The van der Waals surface area contributed by atoms with Crippen LogP contribution in [0.25, 0.3) is 0 Å². The minimum atomic E-state index is -0.0243. The van der Waals surface area contributed by atoms with Gasteiger partial charge in [-0.3, -0.25) is 9.59 Å². The molecule has 3 heterocycles. The lowest BCUT2D eigenvalue weighted by Gasteiger charge is -2.26. The Labute approximate surface area is 147 Å². The van der Waals surface area contributed by atoms with E-state index in [9.17, 15) is 9.59 Å². The zero-order chi connectivity index (χ0) is 16.9. The van der Waals surface area contributed by atoms with E-state index in [0.717, 1.165) is 51.9 Å². The Balaban J connectivity index is 1.59. The van der Waals surface area contributed by atoms with Gasteiger partial charge in [0, 0.05) is 32.4 Å². The third-order valence-corrected chi connectivity index (χ3v) is 4.89. The zero-order valence-corrected chi connectivity index (χ0v) is 14.5. The molecule has 0 atom stereocenters. The molecule has 2 amide bonds. The van der Waals surface area contributed by atoms with Crippen molar-refractivity contribution < 1.29 is 9.59 Å². The van der Waals surface area contributed by atoms with Crippen molar-refractivity contribution in [2.75, 3.05) is 38.0 Å². The summed E-state index contributed by atoms with van der Waals surface area (Å²) in [7, 11) is 0. The van der Waals surface area contributed by atoms with Gasteiger partial charge in [-0.25, -0.2) is 4.98 Å². The Morgan fingerprint density at radius 3 is 2.33 bits per heavy atom. The van der Waals surface area contributed by atoms with Crippen LogP contribution in [0.4, 0.5) is 5.82 Å². The summed E-state index contributed by atoms with van der Waals surface area (Å²) >= 11 is 6.23. The third kappa shape index (κ3) is 3.98. The fraction of sp³-hybridized carbons (Fsp3) is 0.588. The fourth-order valence-corrected chi connectivity index (χ4v) is 3.44. The Morgan fingerprint density at radius 1 is 1.04 bits per heavy atom. The first-order chi connectivity index (χ1) is 11.6. The van der Waals surface area contributed by atoms with E-state index in [2.05, 4.69) is 10.3 Å². The number of halogens is 1. The number of carbonyl (C=O) groups is 2. The van der Waals surface area contributed by atoms with Gasteiger partial charge in [0.1, 0.15) is 5.82 Å². The molecule has 6 nitrogen and oxygen atoms in total. The average molecular weight is 351 g/mol. The summed E-state index contributed by atoms with van der Waals surface area (Å²) < 4.78 is 0. The molecular weight excluding hydrogens is 328 g/mol. The van der Waals surface area contributed by atoms with E-state index >= 15 is 0 Å². The van der Waals surface area contributed by atoms with Crippen LogP contribution in [0.15, 0.2) is 12.3 Å². The quantitative estimate of drug-likeness (QED) is 0.905. The second-order valence-electron chi connectivity index (χ2n) is 6.35. The molecule has 7 heteroatoms. The standard InChI is InChI=1S/C17H23ClN4O2/c18-14-10-13(17(24)22-8-2-1-3-9-22)11-19-16(14)20-12-15(23)21-6-4-5-7-21/h10-11H,1-9,12H2,(H,19,20). The summed E-state index contributed by atoms with van der Waals surface area (Å²) in [6.45, 7) is 3.41. The van der Waals surface area contributed by atoms with Crippen molar-refractivity contribution in [2.24, 2.45) is 0 Å². The first-order valence-electron chi connectivity index (χ1n) is 8.61. The van der Waals surface area contributed by atoms with Crippen LogP contribution in [0.5, 0.6) is 0 Å². The summed E-state index contributed by atoms with van der Waals surface area (Å²) in [5.74, 6) is 0.474. The number of nitrogens with zero attached hydrogens (tertiary/aromatic N) is 3. The number of aromatic nitrogens is 1. The number of hydrogen-bond acceptors (Lipinski definition) is 4. The van der Waals surface area contributed by atoms with Gasteiger partial charge >= 0.3 is 0 Å². The number of piperidine rings is 1. The van der Waals surface area contributed by atoms with Crippen LogP contribution in [0.1, 0.15) is 42.5 Å². The highest BCUT2D eigenvalue weighted by Gasteiger charge is 2.20. The van der Waals surface area contributed by atoms with E-state index in [4.69, 9.17) is 11.6 Å². The molecule has 0 unspecified atom stereocenters. The highest BCUT2D eigenvalue weighted by molar-refractivity contribution is 6.33. The lowest BCUT2D eigenvalue weighted by molar-refractivity contribution is -0.128. The Kier molecular flexibility index (Phi) is 5.56. The Morgan fingerprint density at radius 2 is 1.67 bits per heavy atom. The fourth-order valence-electron chi connectivity index (χ4n) is 3.20. The topological polar surface area (TPSA) is 65.5 Å². The van der Waals surface area contributed by atoms with Crippen LogP contribution in [-0.4, -0.2) is 59.3 Å². The summed E-state index contributed by atoms with van der Waals surface area (Å²) in [4.78, 5) is 32.4. The first kappa shape index (κ1) is 17.0. The van der Waals surface area contributed by atoms with Crippen LogP contribution in [0.3, 0.4) is 0 Å². The minimum Gasteiger partial charge on any atom is -0.360 e. The van der Waals surface area contributed by atoms with Gasteiger partial charge in [-0.2, -0.15) is 0 Å². The van der Waals surface area contributed by atoms with Crippen molar-refractivity contribution in [3.8, 4) is 0 Å². The largest absolute Gasteiger partial charge is 0.360 e. The third-order valence-electron chi connectivity index (χ3n) is 4.60. The lowest BCUT2D eigenvalue weighted by Crippen LogP contribution is -2.35. The van der Waals surface area contributed by atoms with Gasteiger partial charge in [-0.1, -0.05) is 11.6 Å². The van der Waals surface area contributed by atoms with E-state index in [0.29, 0.717) is 16.4 Å². The van der Waals surface area contributed by atoms with Gasteiger partial charge in [0.05, 0.1) is 17.1 Å². The smallest absolute Gasteiger partial charge is 0.255 e. The molecular formula is C17H23ClN4O2. The van der Waals surface area contributed by atoms with Gasteiger partial charge in [-0.15, -0.1) is 0 Å². The number of amides is 2. The molecule has 0 saturated carbocycles. The van der Waals surface area contributed by atoms with Crippen molar-refractivity contribution >= 4 is 29.2 Å². The van der Waals surface area contributed by atoms with Crippen molar-refractivity contribution in [2.45, 2.75) is 32.1 Å². The number of carbonyl (C=O) groups excluding carboxylic acids is 2. The number of pyridine rings is 1. The highest BCUT2D eigenvalue weighted by atomic mass is 35.5. The van der Waals surface area contributed by atoms with Crippen molar-refractivity contribution in [3.63, 3.8) is 0 Å². The van der Waals surface area contributed by atoms with Crippen LogP contribution in [0, 0.1) is 0 Å². The predicted molar refractivity (Wildman–Crippen MR) is 93.3 cm³/mol. The molecule has 0 radical (unpaired) electrons. The van der Waals surface area contributed by atoms with Crippen LogP contribution >= 0.6 is 11.6 Å². The first-order valence-corrected chi connectivity index (χ1v) is 8.99. The van der Waals surface area contributed by atoms with E-state index < -0.39 is 0 Å². The molecule has 0 bridgehead atoms.